The van der Waals surface area contributed by atoms with E-state index in [4.69, 9.17) is 16.3 Å². The van der Waals surface area contributed by atoms with E-state index in [1.807, 2.05) is 0 Å². The third kappa shape index (κ3) is 5.28. The molecule has 1 aromatic carbocycles. The van der Waals surface area contributed by atoms with Crippen LogP contribution < -0.4 is 10.6 Å². The molecule has 2 amide bonds. The lowest BCUT2D eigenvalue weighted by atomic mass is 9.97. The van der Waals surface area contributed by atoms with E-state index >= 15 is 0 Å². The number of benzene rings is 1. The van der Waals surface area contributed by atoms with Crippen molar-refractivity contribution in [1.29, 1.82) is 0 Å². The summed E-state index contributed by atoms with van der Waals surface area (Å²) in [5.74, 6) is -0.560. The lowest BCUT2D eigenvalue weighted by Crippen LogP contribution is -2.47. The molecule has 2 aliphatic rings. The van der Waals surface area contributed by atoms with Crippen LogP contribution in [0.15, 0.2) is 23.1 Å². The van der Waals surface area contributed by atoms with Crippen molar-refractivity contribution in [3.05, 3.63) is 23.2 Å². The van der Waals surface area contributed by atoms with Crippen molar-refractivity contribution in [3.63, 3.8) is 0 Å². The minimum Gasteiger partial charge on any atom is -0.379 e. The molecule has 1 aliphatic heterocycles. The number of hydrogen-bond donors (Lipinski definition) is 2. The van der Waals surface area contributed by atoms with E-state index in [2.05, 4.69) is 10.6 Å². The van der Waals surface area contributed by atoms with Gasteiger partial charge in [0, 0.05) is 25.7 Å². The molecular weight excluding hydrogens is 418 g/mol. The number of hydrogen-bond acceptors (Lipinski definition) is 5. The number of rotatable bonds is 6. The Kier molecular flexibility index (Phi) is 7.15. The summed E-state index contributed by atoms with van der Waals surface area (Å²) in [5, 5.41) is 5.57. The van der Waals surface area contributed by atoms with Gasteiger partial charge in [-0.05, 0) is 37.0 Å². The molecule has 10 heteroatoms. The van der Waals surface area contributed by atoms with Crippen molar-refractivity contribution in [2.24, 2.45) is 5.92 Å². The maximum atomic E-state index is 13.0. The second-order valence-corrected chi connectivity index (χ2v) is 9.69. The fourth-order valence-corrected chi connectivity index (χ4v) is 5.74. The Balaban J connectivity index is 1.81. The van der Waals surface area contributed by atoms with Gasteiger partial charge in [0.1, 0.15) is 10.9 Å². The minimum atomic E-state index is -3.81. The van der Waals surface area contributed by atoms with Gasteiger partial charge in [0.2, 0.25) is 21.8 Å². The van der Waals surface area contributed by atoms with Crippen LogP contribution in [0.2, 0.25) is 5.02 Å². The molecule has 8 nitrogen and oxygen atoms in total. The van der Waals surface area contributed by atoms with Crippen LogP contribution in [0.4, 0.5) is 5.69 Å². The van der Waals surface area contributed by atoms with Crippen molar-refractivity contribution < 1.29 is 22.7 Å². The third-order valence-electron chi connectivity index (χ3n) is 5.30. The van der Waals surface area contributed by atoms with Crippen LogP contribution in [0, 0.1) is 5.92 Å². The minimum absolute atomic E-state index is 0.0594. The molecule has 29 heavy (non-hydrogen) atoms. The highest BCUT2D eigenvalue weighted by molar-refractivity contribution is 7.89. The summed E-state index contributed by atoms with van der Waals surface area (Å²) in [6.45, 7) is 2.54. The summed E-state index contributed by atoms with van der Waals surface area (Å²) < 4.78 is 32.4. The van der Waals surface area contributed by atoms with Crippen LogP contribution in [0.3, 0.4) is 0 Å². The molecule has 1 aromatic rings. The Hall–Kier alpha value is -1.68. The molecule has 1 unspecified atom stereocenters. The lowest BCUT2D eigenvalue weighted by Gasteiger charge is -2.27. The summed E-state index contributed by atoms with van der Waals surface area (Å²) in [7, 11) is -3.81. The largest absolute Gasteiger partial charge is 0.379 e. The zero-order chi connectivity index (χ0) is 21.0. The standard InChI is InChI=1S/C19H26ClN3O5S/c1-13(24)21-18(14-4-2-3-5-14)19(25)22-15-6-7-16(20)17(12-15)29(26,27)23-8-10-28-11-9-23/h6-7,12,14,18H,2-5,8-11H2,1H3,(H,21,24)(H,22,25). The van der Waals surface area contributed by atoms with Crippen LogP contribution in [0.5, 0.6) is 0 Å². The molecular formula is C19H26ClN3O5S. The van der Waals surface area contributed by atoms with E-state index in [1.54, 1.807) is 6.07 Å². The summed E-state index contributed by atoms with van der Waals surface area (Å²) in [4.78, 5) is 24.4. The van der Waals surface area contributed by atoms with Gasteiger partial charge in [-0.25, -0.2) is 8.42 Å². The van der Waals surface area contributed by atoms with Gasteiger partial charge in [0.05, 0.1) is 18.2 Å². The van der Waals surface area contributed by atoms with Gasteiger partial charge >= 0.3 is 0 Å². The quantitative estimate of drug-likeness (QED) is 0.699. The molecule has 160 valence electrons. The van der Waals surface area contributed by atoms with Crippen molar-refractivity contribution in [2.45, 2.75) is 43.5 Å². The monoisotopic (exact) mass is 443 g/mol. The van der Waals surface area contributed by atoms with Crippen molar-refractivity contribution in [2.75, 3.05) is 31.6 Å². The topological polar surface area (TPSA) is 105 Å². The van der Waals surface area contributed by atoms with Crippen molar-refractivity contribution >= 4 is 39.1 Å². The van der Waals surface area contributed by atoms with E-state index in [-0.39, 0.29) is 40.7 Å². The Morgan fingerprint density at radius 3 is 2.48 bits per heavy atom. The number of morpholine rings is 1. The zero-order valence-electron chi connectivity index (χ0n) is 16.3. The maximum Gasteiger partial charge on any atom is 0.247 e. The number of nitrogens with one attached hydrogen (secondary N) is 2. The zero-order valence-corrected chi connectivity index (χ0v) is 17.9. The number of carbonyl (C=O) groups is 2. The van der Waals surface area contributed by atoms with E-state index in [0.717, 1.165) is 25.7 Å². The number of halogens is 1. The number of sulfonamides is 1. The lowest BCUT2D eigenvalue weighted by molar-refractivity contribution is -0.126. The highest BCUT2D eigenvalue weighted by Crippen LogP contribution is 2.30. The molecule has 0 radical (unpaired) electrons. The smallest absolute Gasteiger partial charge is 0.247 e. The first-order valence-electron chi connectivity index (χ1n) is 9.74. The molecule has 0 bridgehead atoms. The van der Waals surface area contributed by atoms with Gasteiger partial charge < -0.3 is 15.4 Å². The fraction of sp³-hybridized carbons (Fsp3) is 0.579. The fourth-order valence-electron chi connectivity index (χ4n) is 3.83. The summed E-state index contributed by atoms with van der Waals surface area (Å²) in [5.41, 5.74) is 0.319. The van der Waals surface area contributed by atoms with E-state index in [9.17, 15) is 18.0 Å². The SMILES string of the molecule is CC(=O)NC(C(=O)Nc1ccc(Cl)c(S(=O)(=O)N2CCOCC2)c1)C1CCCC1. The number of anilines is 1. The number of ether oxygens (including phenoxy) is 1. The van der Waals surface area contributed by atoms with Crippen LogP contribution in [0.1, 0.15) is 32.6 Å². The van der Waals surface area contributed by atoms with Crippen molar-refractivity contribution in [1.82, 2.24) is 9.62 Å². The number of amides is 2. The molecule has 0 aromatic heterocycles. The first-order chi connectivity index (χ1) is 13.8. The Morgan fingerprint density at radius 2 is 1.86 bits per heavy atom. The van der Waals surface area contributed by atoms with Gasteiger partial charge in [0.25, 0.3) is 0 Å². The van der Waals surface area contributed by atoms with E-state index in [0.29, 0.717) is 18.9 Å². The van der Waals surface area contributed by atoms with Gasteiger partial charge in [-0.1, -0.05) is 24.4 Å². The highest BCUT2D eigenvalue weighted by Gasteiger charge is 2.32. The molecule has 1 saturated heterocycles. The molecule has 0 spiro atoms. The predicted molar refractivity (Wildman–Crippen MR) is 109 cm³/mol. The molecule has 1 heterocycles. The van der Waals surface area contributed by atoms with Crippen LogP contribution in [-0.4, -0.2) is 56.9 Å². The number of carbonyl (C=O) groups excluding carboxylic acids is 2. The van der Waals surface area contributed by atoms with Gasteiger partial charge in [-0.15, -0.1) is 0 Å². The Labute approximate surface area is 176 Å². The van der Waals surface area contributed by atoms with E-state index in [1.165, 1.54) is 23.4 Å². The normalized spacial score (nSPS) is 19.7. The summed E-state index contributed by atoms with van der Waals surface area (Å²) >= 11 is 6.16. The van der Waals surface area contributed by atoms with Crippen LogP contribution in [0.25, 0.3) is 0 Å². The first kappa shape index (κ1) is 22.0. The second kappa shape index (κ2) is 9.42. The van der Waals surface area contributed by atoms with Gasteiger partial charge in [0.15, 0.2) is 0 Å². The third-order valence-corrected chi connectivity index (χ3v) is 7.68. The van der Waals surface area contributed by atoms with Crippen LogP contribution >= 0.6 is 11.6 Å². The molecule has 1 aliphatic carbocycles. The van der Waals surface area contributed by atoms with Gasteiger partial charge in [-0.3, -0.25) is 9.59 Å². The van der Waals surface area contributed by atoms with Crippen molar-refractivity contribution in [3.8, 4) is 0 Å². The second-order valence-electron chi connectivity index (χ2n) is 7.37. The molecule has 1 atom stereocenters. The Bertz CT molecular complexity index is 865. The predicted octanol–water partition coefficient (Wildman–Crippen LogP) is 1.99. The van der Waals surface area contributed by atoms with E-state index < -0.39 is 16.1 Å². The molecule has 1 saturated carbocycles. The average Bonchev–Trinajstić information content (AvgIpc) is 3.22. The summed E-state index contributed by atoms with van der Waals surface area (Å²) in [6.07, 6.45) is 3.79. The summed E-state index contributed by atoms with van der Waals surface area (Å²) in [6, 6.07) is 3.72. The number of nitrogens with zero attached hydrogens (tertiary/aromatic N) is 1. The Morgan fingerprint density at radius 1 is 1.21 bits per heavy atom. The first-order valence-corrected chi connectivity index (χ1v) is 11.6. The van der Waals surface area contributed by atoms with Gasteiger partial charge in [-0.2, -0.15) is 4.31 Å². The highest BCUT2D eigenvalue weighted by atomic mass is 35.5. The maximum absolute atomic E-state index is 13.0. The molecule has 3 rings (SSSR count). The average molecular weight is 444 g/mol. The molecule has 2 fully saturated rings. The molecule has 2 N–H and O–H groups in total. The van der Waals surface area contributed by atoms with Crippen LogP contribution in [-0.2, 0) is 24.3 Å².